The number of amides is 1. The van der Waals surface area contributed by atoms with Crippen LogP contribution >= 0.6 is 0 Å². The molecule has 1 heterocycles. The third-order valence-corrected chi connectivity index (χ3v) is 3.26. The van der Waals surface area contributed by atoms with Gasteiger partial charge in [0.1, 0.15) is 11.2 Å². The Labute approximate surface area is 128 Å². The van der Waals surface area contributed by atoms with Crippen LogP contribution < -0.4 is 5.32 Å². The second kappa shape index (κ2) is 5.99. The van der Waals surface area contributed by atoms with E-state index < -0.39 is 46.9 Å². The van der Waals surface area contributed by atoms with Gasteiger partial charge in [-0.25, -0.2) is 17.6 Å². The van der Waals surface area contributed by atoms with Crippen LogP contribution in [0.2, 0.25) is 0 Å². The van der Waals surface area contributed by atoms with Gasteiger partial charge in [0.2, 0.25) is 0 Å². The van der Waals surface area contributed by atoms with Crippen molar-refractivity contribution >= 4 is 5.91 Å². The first kappa shape index (κ1) is 16.9. The fourth-order valence-corrected chi connectivity index (χ4v) is 1.91. The topological polar surface area (TPSA) is 67.2 Å². The number of carbonyl (C=O) groups excluding carboxylic acids is 1. The Bertz CT molecular complexity index is 732. The number of aliphatic hydroxyl groups is 1. The normalized spacial score (nSPS) is 13.7. The lowest BCUT2D eigenvalue weighted by molar-refractivity contribution is 0.0522. The summed E-state index contributed by atoms with van der Waals surface area (Å²) in [6.45, 7) is 0.887. The molecule has 0 aliphatic heterocycles. The molecule has 2 aromatic rings. The Hall–Kier alpha value is -2.42. The van der Waals surface area contributed by atoms with Gasteiger partial charge in [0.15, 0.2) is 23.3 Å². The van der Waals surface area contributed by atoms with Crippen LogP contribution in [-0.4, -0.2) is 27.3 Å². The molecule has 1 aromatic heterocycles. The molecule has 0 radical (unpaired) electrons. The highest BCUT2D eigenvalue weighted by atomic mass is 19.2. The van der Waals surface area contributed by atoms with Crippen LogP contribution in [-0.2, 0) is 12.6 Å². The second-order valence-electron chi connectivity index (χ2n) is 5.20. The van der Waals surface area contributed by atoms with Crippen molar-refractivity contribution in [3.63, 3.8) is 0 Å². The highest BCUT2D eigenvalue weighted by molar-refractivity contribution is 5.94. The molecule has 0 saturated carbocycles. The van der Waals surface area contributed by atoms with Crippen LogP contribution in [0, 0.1) is 23.3 Å². The molecule has 1 atom stereocenters. The molecular weight excluding hydrogens is 318 g/mol. The van der Waals surface area contributed by atoms with Crippen LogP contribution in [0.3, 0.4) is 0 Å². The molecule has 9 heteroatoms. The molecule has 1 aromatic carbocycles. The SMILES string of the molecule is Cn1cc(C(C)(O)CNC(=O)c2c(F)c(F)cc(F)c2F)cn1. The standard InChI is InChI=1S/C14H13F4N3O2/c1-14(23,7-4-20-21(2)5-7)6-19-13(22)10-11(17)8(15)3-9(16)12(10)18/h3-5,23H,6H2,1-2H3,(H,19,22). The lowest BCUT2D eigenvalue weighted by Gasteiger charge is -2.22. The highest BCUT2D eigenvalue weighted by Gasteiger charge is 2.29. The lowest BCUT2D eigenvalue weighted by Crippen LogP contribution is -2.39. The van der Waals surface area contributed by atoms with Gasteiger partial charge in [0, 0.05) is 24.9 Å². The van der Waals surface area contributed by atoms with E-state index in [-0.39, 0.29) is 6.07 Å². The number of aromatic nitrogens is 2. The van der Waals surface area contributed by atoms with E-state index in [0.717, 1.165) is 0 Å². The zero-order valence-corrected chi connectivity index (χ0v) is 12.2. The van der Waals surface area contributed by atoms with Crippen molar-refractivity contribution in [3.05, 3.63) is 52.9 Å². The Kier molecular flexibility index (Phi) is 4.42. The van der Waals surface area contributed by atoms with Crippen molar-refractivity contribution in [2.24, 2.45) is 7.05 Å². The van der Waals surface area contributed by atoms with Crippen LogP contribution in [0.1, 0.15) is 22.8 Å². The fraction of sp³-hybridized carbons (Fsp3) is 0.286. The Morgan fingerprint density at radius 2 is 1.87 bits per heavy atom. The summed E-state index contributed by atoms with van der Waals surface area (Å²) in [7, 11) is 1.61. The number of rotatable bonds is 4. The summed E-state index contributed by atoms with van der Waals surface area (Å²) in [5.41, 5.74) is -2.64. The van der Waals surface area contributed by atoms with E-state index in [0.29, 0.717) is 5.56 Å². The molecule has 1 unspecified atom stereocenters. The molecule has 2 N–H and O–H groups in total. The number of hydrogen-bond acceptors (Lipinski definition) is 3. The molecule has 5 nitrogen and oxygen atoms in total. The summed E-state index contributed by atoms with van der Waals surface area (Å²) in [4.78, 5) is 11.8. The summed E-state index contributed by atoms with van der Waals surface area (Å²) in [6, 6.07) is 0.00719. The van der Waals surface area contributed by atoms with Crippen LogP contribution in [0.15, 0.2) is 18.5 Å². The van der Waals surface area contributed by atoms with E-state index >= 15 is 0 Å². The van der Waals surface area contributed by atoms with Crippen LogP contribution in [0.25, 0.3) is 0 Å². The van der Waals surface area contributed by atoms with E-state index in [1.165, 1.54) is 24.0 Å². The monoisotopic (exact) mass is 331 g/mol. The van der Waals surface area contributed by atoms with Crippen molar-refractivity contribution in [1.82, 2.24) is 15.1 Å². The molecule has 1 amide bonds. The van der Waals surface area contributed by atoms with Crippen molar-refractivity contribution in [1.29, 1.82) is 0 Å². The molecule has 2 rings (SSSR count). The fourth-order valence-electron chi connectivity index (χ4n) is 1.91. The first-order chi connectivity index (χ1) is 10.6. The minimum Gasteiger partial charge on any atom is -0.383 e. The molecule has 0 saturated heterocycles. The van der Waals surface area contributed by atoms with E-state index in [9.17, 15) is 27.5 Å². The molecule has 0 aliphatic carbocycles. The van der Waals surface area contributed by atoms with Gasteiger partial charge in [0.25, 0.3) is 5.91 Å². The Morgan fingerprint density at radius 1 is 1.30 bits per heavy atom. The zero-order chi connectivity index (χ0) is 17.4. The molecule has 0 aliphatic rings. The maximum atomic E-state index is 13.5. The smallest absolute Gasteiger partial charge is 0.257 e. The van der Waals surface area contributed by atoms with Crippen molar-refractivity contribution in [2.45, 2.75) is 12.5 Å². The van der Waals surface area contributed by atoms with E-state index in [1.54, 1.807) is 7.05 Å². The van der Waals surface area contributed by atoms with Crippen molar-refractivity contribution in [2.75, 3.05) is 6.54 Å². The predicted octanol–water partition coefficient (Wildman–Crippen LogP) is 1.61. The summed E-state index contributed by atoms with van der Waals surface area (Å²) < 4.78 is 54.7. The molecular formula is C14H13F4N3O2. The predicted molar refractivity (Wildman–Crippen MR) is 71.4 cm³/mol. The number of carbonyl (C=O) groups is 1. The number of nitrogens with zero attached hydrogens (tertiary/aromatic N) is 2. The van der Waals surface area contributed by atoms with Gasteiger partial charge < -0.3 is 10.4 Å². The van der Waals surface area contributed by atoms with Gasteiger partial charge in [-0.2, -0.15) is 5.10 Å². The molecule has 23 heavy (non-hydrogen) atoms. The van der Waals surface area contributed by atoms with E-state index in [2.05, 4.69) is 5.10 Å². The molecule has 0 spiro atoms. The van der Waals surface area contributed by atoms with E-state index in [1.807, 2.05) is 5.32 Å². The Balaban J connectivity index is 2.20. The van der Waals surface area contributed by atoms with Crippen LogP contribution in [0.4, 0.5) is 17.6 Å². The van der Waals surface area contributed by atoms with Crippen molar-refractivity contribution in [3.8, 4) is 0 Å². The number of aryl methyl sites for hydroxylation is 1. The third-order valence-electron chi connectivity index (χ3n) is 3.26. The van der Waals surface area contributed by atoms with Gasteiger partial charge in [-0.15, -0.1) is 0 Å². The summed E-state index contributed by atoms with van der Waals surface area (Å²) in [6.07, 6.45) is 2.82. The molecule has 0 bridgehead atoms. The minimum atomic E-state index is -1.80. The summed E-state index contributed by atoms with van der Waals surface area (Å²) in [5.74, 6) is -8.37. The van der Waals surface area contributed by atoms with Gasteiger partial charge in [-0.05, 0) is 6.92 Å². The van der Waals surface area contributed by atoms with Crippen LogP contribution in [0.5, 0.6) is 0 Å². The van der Waals surface area contributed by atoms with Crippen molar-refractivity contribution < 1.29 is 27.5 Å². The largest absolute Gasteiger partial charge is 0.383 e. The van der Waals surface area contributed by atoms with Gasteiger partial charge in [-0.3, -0.25) is 9.48 Å². The summed E-state index contributed by atoms with van der Waals surface area (Å²) in [5, 5.41) is 16.1. The first-order valence-corrected chi connectivity index (χ1v) is 6.46. The average Bonchev–Trinajstić information content (AvgIpc) is 2.91. The molecule has 0 fully saturated rings. The molecule has 124 valence electrons. The van der Waals surface area contributed by atoms with Gasteiger partial charge >= 0.3 is 0 Å². The lowest BCUT2D eigenvalue weighted by atomic mass is 9.99. The second-order valence-corrected chi connectivity index (χ2v) is 5.20. The average molecular weight is 331 g/mol. The maximum absolute atomic E-state index is 13.5. The summed E-state index contributed by atoms with van der Waals surface area (Å²) >= 11 is 0. The number of nitrogens with one attached hydrogen (secondary N) is 1. The van der Waals surface area contributed by atoms with E-state index in [4.69, 9.17) is 0 Å². The zero-order valence-electron chi connectivity index (χ0n) is 12.2. The Morgan fingerprint density at radius 3 is 2.35 bits per heavy atom. The number of benzene rings is 1. The van der Waals surface area contributed by atoms with Gasteiger partial charge in [0.05, 0.1) is 12.7 Å². The van der Waals surface area contributed by atoms with Gasteiger partial charge in [-0.1, -0.05) is 0 Å². The quantitative estimate of drug-likeness (QED) is 0.661. The first-order valence-electron chi connectivity index (χ1n) is 6.46. The highest BCUT2D eigenvalue weighted by Crippen LogP contribution is 2.21. The number of halogens is 4. The maximum Gasteiger partial charge on any atom is 0.257 e. The third kappa shape index (κ3) is 3.34. The number of hydrogen-bond donors (Lipinski definition) is 2. The minimum absolute atomic E-state index is 0.00719.